The van der Waals surface area contributed by atoms with Gasteiger partial charge < -0.3 is 10.1 Å². The first-order chi connectivity index (χ1) is 14.3. The van der Waals surface area contributed by atoms with Gasteiger partial charge in [0.25, 0.3) is 5.91 Å². The molecule has 0 fully saturated rings. The summed E-state index contributed by atoms with van der Waals surface area (Å²) in [5.74, 6) is -0.967. The number of esters is 1. The lowest BCUT2D eigenvalue weighted by Gasteiger charge is -2.11. The molecule has 0 saturated heterocycles. The van der Waals surface area contributed by atoms with Gasteiger partial charge in [-0.05, 0) is 80.3 Å². The Kier molecular flexibility index (Phi) is 6.90. The van der Waals surface area contributed by atoms with Gasteiger partial charge in [0.05, 0.1) is 5.56 Å². The molecule has 0 spiro atoms. The molecule has 0 radical (unpaired) electrons. The predicted molar refractivity (Wildman–Crippen MR) is 119 cm³/mol. The van der Waals surface area contributed by atoms with Crippen LogP contribution < -0.4 is 5.32 Å². The molecule has 5 nitrogen and oxygen atoms in total. The van der Waals surface area contributed by atoms with Crippen LogP contribution in [0.5, 0.6) is 0 Å². The minimum Gasteiger partial charge on any atom is -0.452 e. The van der Waals surface area contributed by atoms with Crippen molar-refractivity contribution in [2.75, 3.05) is 11.9 Å². The molecule has 6 heteroatoms. The Bertz CT molecular complexity index is 1100. The molecule has 3 aromatic rings. The maximum absolute atomic E-state index is 12.6. The van der Waals surface area contributed by atoms with Gasteiger partial charge in [-0.3, -0.25) is 4.79 Å². The van der Waals surface area contributed by atoms with Crippen molar-refractivity contribution in [3.8, 4) is 0 Å². The number of rotatable bonds is 6. The van der Waals surface area contributed by atoms with Crippen LogP contribution in [0.15, 0.2) is 64.6 Å². The molecule has 0 aliphatic rings. The van der Waals surface area contributed by atoms with Gasteiger partial charge in [0, 0.05) is 16.8 Å². The number of hydrogen-bond acceptors (Lipinski definition) is 5. The maximum atomic E-state index is 12.6. The highest BCUT2D eigenvalue weighted by Crippen LogP contribution is 2.32. The summed E-state index contributed by atoms with van der Waals surface area (Å²) in [6.07, 6.45) is 1.64. The Morgan fingerprint density at radius 3 is 2.50 bits per heavy atom. The van der Waals surface area contributed by atoms with E-state index in [0.29, 0.717) is 16.3 Å². The van der Waals surface area contributed by atoms with Crippen LogP contribution in [0, 0.1) is 27.7 Å². The molecule has 0 aliphatic heterocycles. The van der Waals surface area contributed by atoms with E-state index < -0.39 is 5.97 Å². The highest BCUT2D eigenvalue weighted by atomic mass is 32.2. The largest absolute Gasteiger partial charge is 0.452 e. The van der Waals surface area contributed by atoms with Crippen molar-refractivity contribution >= 4 is 29.3 Å². The number of pyridine rings is 1. The summed E-state index contributed by atoms with van der Waals surface area (Å²) >= 11 is 1.41. The molecule has 30 heavy (non-hydrogen) atoms. The summed E-state index contributed by atoms with van der Waals surface area (Å²) in [4.78, 5) is 30.2. The summed E-state index contributed by atoms with van der Waals surface area (Å²) in [5.41, 5.74) is 5.46. The third-order valence-electron chi connectivity index (χ3n) is 4.67. The van der Waals surface area contributed by atoms with E-state index in [2.05, 4.69) is 16.4 Å². The minimum atomic E-state index is -0.578. The number of carbonyl (C=O) groups excluding carboxylic acids is 2. The van der Waals surface area contributed by atoms with Gasteiger partial charge in [-0.25, -0.2) is 9.78 Å². The topological polar surface area (TPSA) is 68.3 Å². The number of benzene rings is 2. The molecule has 0 aliphatic carbocycles. The van der Waals surface area contributed by atoms with Crippen LogP contribution in [0.4, 0.5) is 5.69 Å². The van der Waals surface area contributed by atoms with Gasteiger partial charge in [-0.2, -0.15) is 0 Å². The normalized spacial score (nSPS) is 10.5. The van der Waals surface area contributed by atoms with Crippen LogP contribution in [0.3, 0.4) is 0 Å². The number of nitrogens with one attached hydrogen (secondary N) is 1. The molecule has 0 atom stereocenters. The maximum Gasteiger partial charge on any atom is 0.341 e. The first-order valence-corrected chi connectivity index (χ1v) is 10.4. The Morgan fingerprint density at radius 2 is 1.73 bits per heavy atom. The lowest BCUT2D eigenvalue weighted by molar-refractivity contribution is -0.119. The molecule has 1 N–H and O–H groups in total. The van der Waals surface area contributed by atoms with Crippen molar-refractivity contribution in [2.24, 2.45) is 0 Å². The number of hydrogen-bond donors (Lipinski definition) is 1. The Balaban J connectivity index is 1.66. The SMILES string of the molecule is Cc1ccc(C)c(Sc2ncccc2C(=O)OCC(=O)Nc2ccc(C)c(C)c2)c1. The molecule has 2 aromatic carbocycles. The van der Waals surface area contributed by atoms with Crippen LogP contribution in [0.2, 0.25) is 0 Å². The molecular weight excluding hydrogens is 396 g/mol. The Morgan fingerprint density at radius 1 is 0.967 bits per heavy atom. The molecule has 3 rings (SSSR count). The van der Waals surface area contributed by atoms with Crippen molar-refractivity contribution in [3.63, 3.8) is 0 Å². The summed E-state index contributed by atoms with van der Waals surface area (Å²) in [5, 5.41) is 3.29. The number of aryl methyl sites for hydroxylation is 4. The number of nitrogens with zero attached hydrogens (tertiary/aromatic N) is 1. The standard InChI is InChI=1S/C24H24N2O3S/c1-15-7-8-17(3)21(12-15)30-23-20(6-5-11-25-23)24(28)29-14-22(27)26-19-10-9-16(2)18(4)13-19/h5-13H,14H2,1-4H3,(H,26,27). The summed E-state index contributed by atoms with van der Waals surface area (Å²) in [7, 11) is 0. The first-order valence-electron chi connectivity index (χ1n) is 9.58. The van der Waals surface area contributed by atoms with E-state index in [9.17, 15) is 9.59 Å². The van der Waals surface area contributed by atoms with Crippen molar-refractivity contribution < 1.29 is 14.3 Å². The van der Waals surface area contributed by atoms with E-state index in [1.54, 1.807) is 18.3 Å². The molecule has 0 unspecified atom stereocenters. The van der Waals surface area contributed by atoms with E-state index in [0.717, 1.165) is 27.1 Å². The first kappa shape index (κ1) is 21.6. The molecule has 1 heterocycles. The predicted octanol–water partition coefficient (Wildman–Crippen LogP) is 5.26. The number of ether oxygens (including phenoxy) is 1. The molecule has 0 bridgehead atoms. The van der Waals surface area contributed by atoms with E-state index in [-0.39, 0.29) is 12.5 Å². The van der Waals surface area contributed by atoms with Gasteiger partial charge in [-0.15, -0.1) is 0 Å². The van der Waals surface area contributed by atoms with E-state index in [1.807, 2.05) is 58.0 Å². The lowest BCUT2D eigenvalue weighted by atomic mass is 10.1. The second-order valence-electron chi connectivity index (χ2n) is 7.15. The zero-order chi connectivity index (χ0) is 21.7. The summed E-state index contributed by atoms with van der Waals surface area (Å²) < 4.78 is 5.24. The van der Waals surface area contributed by atoms with E-state index in [1.165, 1.54) is 11.8 Å². The monoisotopic (exact) mass is 420 g/mol. The van der Waals surface area contributed by atoms with Gasteiger partial charge in [0.15, 0.2) is 6.61 Å². The van der Waals surface area contributed by atoms with Crippen molar-refractivity contribution in [3.05, 3.63) is 82.5 Å². The van der Waals surface area contributed by atoms with Crippen LogP contribution in [0.25, 0.3) is 0 Å². The molecule has 0 saturated carbocycles. The number of aromatic nitrogens is 1. The smallest absolute Gasteiger partial charge is 0.341 e. The van der Waals surface area contributed by atoms with Gasteiger partial charge in [0.2, 0.25) is 0 Å². The Labute approximate surface area is 180 Å². The molecule has 1 amide bonds. The average Bonchev–Trinajstić information content (AvgIpc) is 2.72. The minimum absolute atomic E-state index is 0.336. The molecular formula is C24H24N2O3S. The van der Waals surface area contributed by atoms with Crippen LogP contribution >= 0.6 is 11.8 Å². The summed E-state index contributed by atoms with van der Waals surface area (Å²) in [6, 6.07) is 15.1. The quantitative estimate of drug-likeness (QED) is 0.551. The van der Waals surface area contributed by atoms with Crippen LogP contribution in [0.1, 0.15) is 32.6 Å². The fraction of sp³-hybridized carbons (Fsp3) is 0.208. The highest BCUT2D eigenvalue weighted by Gasteiger charge is 2.17. The van der Waals surface area contributed by atoms with Crippen molar-refractivity contribution in [1.29, 1.82) is 0 Å². The van der Waals surface area contributed by atoms with Gasteiger partial charge >= 0.3 is 5.97 Å². The highest BCUT2D eigenvalue weighted by molar-refractivity contribution is 7.99. The van der Waals surface area contributed by atoms with Gasteiger partial charge in [0.1, 0.15) is 5.03 Å². The van der Waals surface area contributed by atoms with Crippen molar-refractivity contribution in [1.82, 2.24) is 4.98 Å². The second kappa shape index (κ2) is 9.59. The molecule has 154 valence electrons. The Hall–Kier alpha value is -3.12. The van der Waals surface area contributed by atoms with Crippen molar-refractivity contribution in [2.45, 2.75) is 37.6 Å². The zero-order valence-corrected chi connectivity index (χ0v) is 18.3. The van der Waals surface area contributed by atoms with Crippen LogP contribution in [-0.2, 0) is 9.53 Å². The van der Waals surface area contributed by atoms with E-state index in [4.69, 9.17) is 4.74 Å². The average molecular weight is 421 g/mol. The summed E-state index contributed by atoms with van der Waals surface area (Å²) in [6.45, 7) is 7.65. The number of carbonyl (C=O) groups is 2. The fourth-order valence-electron chi connectivity index (χ4n) is 2.77. The van der Waals surface area contributed by atoms with E-state index >= 15 is 0 Å². The lowest BCUT2D eigenvalue weighted by Crippen LogP contribution is -2.21. The second-order valence-corrected chi connectivity index (χ2v) is 8.18. The number of amides is 1. The third-order valence-corrected chi connectivity index (χ3v) is 5.84. The molecule has 1 aromatic heterocycles. The fourth-order valence-corrected chi connectivity index (χ4v) is 3.83. The zero-order valence-electron chi connectivity index (χ0n) is 17.5. The van der Waals surface area contributed by atoms with Gasteiger partial charge in [-0.1, -0.05) is 30.0 Å². The number of anilines is 1. The van der Waals surface area contributed by atoms with Crippen LogP contribution in [-0.4, -0.2) is 23.5 Å². The third kappa shape index (κ3) is 5.48.